The number of hydrogen-bond donors (Lipinski definition) is 1. The highest BCUT2D eigenvalue weighted by Gasteiger charge is 2.32. The smallest absolute Gasteiger partial charge is 0.273 e. The Kier molecular flexibility index (Phi) is 5.27. The van der Waals surface area contributed by atoms with E-state index in [9.17, 15) is 8.78 Å². The van der Waals surface area contributed by atoms with E-state index >= 15 is 0 Å². The van der Waals surface area contributed by atoms with Gasteiger partial charge in [-0.15, -0.1) is 0 Å². The highest BCUT2D eigenvalue weighted by Crippen LogP contribution is 2.35. The molecule has 18 heavy (non-hydrogen) atoms. The van der Waals surface area contributed by atoms with Gasteiger partial charge in [0.15, 0.2) is 0 Å². The molecule has 1 aromatic rings. The van der Waals surface area contributed by atoms with Gasteiger partial charge in [-0.1, -0.05) is 39.0 Å². The Bertz CT molecular complexity index is 375. The Morgan fingerprint density at radius 3 is 2.44 bits per heavy atom. The molecule has 0 spiro atoms. The van der Waals surface area contributed by atoms with Crippen molar-refractivity contribution in [3.8, 4) is 0 Å². The van der Waals surface area contributed by atoms with Crippen LogP contribution in [0.3, 0.4) is 0 Å². The summed E-state index contributed by atoms with van der Waals surface area (Å²) in [4.78, 5) is 0. The van der Waals surface area contributed by atoms with Crippen LogP contribution in [0.4, 0.5) is 8.78 Å². The van der Waals surface area contributed by atoms with Crippen molar-refractivity contribution in [2.75, 3.05) is 6.54 Å². The van der Waals surface area contributed by atoms with E-state index in [1.165, 1.54) is 6.07 Å². The van der Waals surface area contributed by atoms with Gasteiger partial charge in [0.1, 0.15) is 0 Å². The van der Waals surface area contributed by atoms with Gasteiger partial charge < -0.3 is 5.73 Å². The van der Waals surface area contributed by atoms with Gasteiger partial charge in [0.05, 0.1) is 0 Å². The highest BCUT2D eigenvalue weighted by atomic mass is 19.3. The number of nitrogens with two attached hydrogens (primary N) is 1. The zero-order valence-electron chi connectivity index (χ0n) is 11.4. The monoisotopic (exact) mass is 255 g/mol. The fraction of sp³-hybridized carbons (Fsp3) is 0.600. The summed E-state index contributed by atoms with van der Waals surface area (Å²) in [6.07, 6.45) is 0.709. The predicted molar refractivity (Wildman–Crippen MR) is 71.9 cm³/mol. The fourth-order valence-electron chi connectivity index (χ4n) is 2.12. The van der Waals surface area contributed by atoms with Crippen LogP contribution in [-0.4, -0.2) is 6.54 Å². The molecule has 0 fully saturated rings. The largest absolute Gasteiger partial charge is 0.330 e. The van der Waals surface area contributed by atoms with E-state index in [4.69, 9.17) is 5.73 Å². The Morgan fingerprint density at radius 1 is 1.22 bits per heavy atom. The first-order valence-electron chi connectivity index (χ1n) is 6.55. The first-order valence-corrected chi connectivity index (χ1v) is 6.55. The van der Waals surface area contributed by atoms with Gasteiger partial charge in [0.25, 0.3) is 5.92 Å². The van der Waals surface area contributed by atoms with Crippen LogP contribution in [0, 0.1) is 5.92 Å². The molecule has 1 rings (SSSR count). The van der Waals surface area contributed by atoms with Gasteiger partial charge >= 0.3 is 0 Å². The van der Waals surface area contributed by atoms with Crippen LogP contribution in [0.15, 0.2) is 24.3 Å². The molecule has 0 saturated carbocycles. The summed E-state index contributed by atoms with van der Waals surface area (Å²) in [5.74, 6) is -2.54. The van der Waals surface area contributed by atoms with Crippen molar-refractivity contribution in [1.82, 2.24) is 0 Å². The fourth-order valence-corrected chi connectivity index (χ4v) is 2.12. The normalized spacial score (nSPS) is 13.9. The first kappa shape index (κ1) is 15.1. The zero-order valence-corrected chi connectivity index (χ0v) is 11.4. The molecular formula is C15H23F2N. The minimum absolute atomic E-state index is 0.0230. The van der Waals surface area contributed by atoms with Crippen molar-refractivity contribution in [2.24, 2.45) is 11.7 Å². The maximum atomic E-state index is 14.0. The second-order valence-electron chi connectivity index (χ2n) is 5.41. The Labute approximate surface area is 108 Å². The third-order valence-electron chi connectivity index (χ3n) is 3.14. The van der Waals surface area contributed by atoms with Gasteiger partial charge in [-0.05, 0) is 36.4 Å². The van der Waals surface area contributed by atoms with Crippen molar-refractivity contribution in [2.45, 2.75) is 45.5 Å². The molecule has 1 atom stereocenters. The van der Waals surface area contributed by atoms with Crippen molar-refractivity contribution in [1.29, 1.82) is 0 Å². The molecule has 0 heterocycles. The van der Waals surface area contributed by atoms with E-state index in [2.05, 4.69) is 0 Å². The van der Waals surface area contributed by atoms with Gasteiger partial charge in [-0.25, -0.2) is 8.78 Å². The van der Waals surface area contributed by atoms with Gasteiger partial charge in [-0.3, -0.25) is 0 Å². The van der Waals surface area contributed by atoms with E-state index in [-0.39, 0.29) is 23.8 Å². The summed E-state index contributed by atoms with van der Waals surface area (Å²) in [6, 6.07) is 6.75. The van der Waals surface area contributed by atoms with Crippen LogP contribution in [0.2, 0.25) is 0 Å². The molecule has 0 radical (unpaired) electrons. The minimum atomic E-state index is -2.74. The molecule has 2 N–H and O–H groups in total. The molecule has 0 aliphatic rings. The lowest BCUT2D eigenvalue weighted by Crippen LogP contribution is -2.17. The summed E-state index contributed by atoms with van der Waals surface area (Å²) in [5.41, 5.74) is 6.58. The third kappa shape index (κ3) is 4.05. The van der Waals surface area contributed by atoms with Gasteiger partial charge in [-0.2, -0.15) is 0 Å². The van der Waals surface area contributed by atoms with Crippen molar-refractivity contribution in [3.63, 3.8) is 0 Å². The standard InChI is InChI=1S/C15H23F2N/c1-11(2)10-15(16,17)14-6-4-5-13(9-14)12(3)7-8-18/h4-6,9,11-12H,7-8,10,18H2,1-3H3. The predicted octanol–water partition coefficient (Wildman–Crippen LogP) is 4.28. The van der Waals surface area contributed by atoms with E-state index in [0.717, 1.165) is 12.0 Å². The second kappa shape index (κ2) is 6.28. The lowest BCUT2D eigenvalue weighted by atomic mass is 9.92. The summed E-state index contributed by atoms with van der Waals surface area (Å²) >= 11 is 0. The van der Waals surface area contributed by atoms with Gasteiger partial charge in [0.2, 0.25) is 0 Å². The highest BCUT2D eigenvalue weighted by molar-refractivity contribution is 5.29. The van der Waals surface area contributed by atoms with Gasteiger partial charge in [0, 0.05) is 12.0 Å². The molecule has 1 nitrogen and oxygen atoms in total. The van der Waals surface area contributed by atoms with Crippen LogP contribution >= 0.6 is 0 Å². The Hall–Kier alpha value is -0.960. The zero-order chi connectivity index (χ0) is 13.8. The molecule has 0 amide bonds. The van der Waals surface area contributed by atoms with Crippen LogP contribution in [0.1, 0.15) is 50.7 Å². The topological polar surface area (TPSA) is 26.0 Å². The maximum absolute atomic E-state index is 14.0. The molecule has 1 aromatic carbocycles. The summed E-state index contributed by atoms with van der Waals surface area (Å²) < 4.78 is 28.0. The van der Waals surface area contributed by atoms with Crippen molar-refractivity contribution < 1.29 is 8.78 Å². The average molecular weight is 255 g/mol. The molecule has 0 aliphatic heterocycles. The van der Waals surface area contributed by atoms with E-state index in [1.54, 1.807) is 12.1 Å². The number of halogens is 2. The molecule has 102 valence electrons. The van der Waals surface area contributed by atoms with E-state index < -0.39 is 5.92 Å². The first-order chi connectivity index (χ1) is 8.36. The molecule has 0 bridgehead atoms. The van der Waals surface area contributed by atoms with E-state index in [0.29, 0.717) is 6.54 Å². The van der Waals surface area contributed by atoms with Crippen LogP contribution < -0.4 is 5.73 Å². The van der Waals surface area contributed by atoms with Crippen LogP contribution in [0.25, 0.3) is 0 Å². The number of hydrogen-bond acceptors (Lipinski definition) is 1. The summed E-state index contributed by atoms with van der Waals surface area (Å²) in [5, 5.41) is 0. The molecular weight excluding hydrogens is 232 g/mol. The molecule has 0 aliphatic carbocycles. The lowest BCUT2D eigenvalue weighted by molar-refractivity contribution is -0.0250. The molecule has 3 heteroatoms. The van der Waals surface area contributed by atoms with Crippen molar-refractivity contribution >= 4 is 0 Å². The Morgan fingerprint density at radius 2 is 1.89 bits per heavy atom. The summed E-state index contributed by atoms with van der Waals surface area (Å²) in [6.45, 7) is 6.23. The molecule has 1 unspecified atom stereocenters. The second-order valence-corrected chi connectivity index (χ2v) is 5.41. The maximum Gasteiger partial charge on any atom is 0.273 e. The lowest BCUT2D eigenvalue weighted by Gasteiger charge is -2.20. The number of rotatable bonds is 6. The molecule has 0 aromatic heterocycles. The summed E-state index contributed by atoms with van der Waals surface area (Å²) in [7, 11) is 0. The molecule has 0 saturated heterocycles. The minimum Gasteiger partial charge on any atom is -0.330 e. The Balaban J connectivity index is 2.93. The van der Waals surface area contributed by atoms with Crippen LogP contribution in [0.5, 0.6) is 0 Å². The number of alkyl halides is 2. The quantitative estimate of drug-likeness (QED) is 0.806. The average Bonchev–Trinajstić information content (AvgIpc) is 2.28. The third-order valence-corrected chi connectivity index (χ3v) is 3.14. The van der Waals surface area contributed by atoms with Crippen LogP contribution in [-0.2, 0) is 5.92 Å². The number of benzene rings is 1. The van der Waals surface area contributed by atoms with Crippen molar-refractivity contribution in [3.05, 3.63) is 35.4 Å². The van der Waals surface area contributed by atoms with E-state index in [1.807, 2.05) is 26.8 Å². The SMILES string of the molecule is CC(C)CC(F)(F)c1cccc(C(C)CCN)c1.